The van der Waals surface area contributed by atoms with Crippen LogP contribution in [-0.4, -0.2) is 30.7 Å². The predicted molar refractivity (Wildman–Crippen MR) is 81.0 cm³/mol. The summed E-state index contributed by atoms with van der Waals surface area (Å²) >= 11 is 0. The van der Waals surface area contributed by atoms with Crippen LogP contribution in [-0.2, 0) is 14.4 Å². The highest BCUT2D eigenvalue weighted by Gasteiger charge is 2.42. The van der Waals surface area contributed by atoms with Crippen LogP contribution in [0.5, 0.6) is 0 Å². The fourth-order valence-corrected chi connectivity index (χ4v) is 3.10. The molecule has 2 atom stereocenters. The lowest BCUT2D eigenvalue weighted by Gasteiger charge is -2.25. The number of ketones is 1. The highest BCUT2D eigenvalue weighted by Crippen LogP contribution is 2.30. The molecule has 2 fully saturated rings. The van der Waals surface area contributed by atoms with Crippen molar-refractivity contribution in [1.82, 2.24) is 10.6 Å². The van der Waals surface area contributed by atoms with E-state index in [-0.39, 0.29) is 12.5 Å². The van der Waals surface area contributed by atoms with Crippen LogP contribution in [0.15, 0.2) is 30.3 Å². The summed E-state index contributed by atoms with van der Waals surface area (Å²) in [5, 5.41) is 5.42. The van der Waals surface area contributed by atoms with Gasteiger partial charge in [0.05, 0.1) is 11.8 Å². The van der Waals surface area contributed by atoms with Gasteiger partial charge in [-0.3, -0.25) is 14.4 Å². The van der Waals surface area contributed by atoms with Crippen molar-refractivity contribution in [2.24, 2.45) is 11.8 Å². The Hall–Kier alpha value is -2.17. The van der Waals surface area contributed by atoms with Crippen molar-refractivity contribution >= 4 is 17.6 Å². The Morgan fingerprint density at radius 2 is 1.91 bits per heavy atom. The molecule has 1 saturated heterocycles. The highest BCUT2D eigenvalue weighted by molar-refractivity contribution is 6.38. The Bertz CT molecular complexity index is 581. The lowest BCUT2D eigenvalue weighted by Crippen LogP contribution is -2.41. The maximum absolute atomic E-state index is 12.4. The highest BCUT2D eigenvalue weighted by atomic mass is 16.2. The molecule has 1 aliphatic heterocycles. The van der Waals surface area contributed by atoms with Gasteiger partial charge >= 0.3 is 0 Å². The van der Waals surface area contributed by atoms with Crippen LogP contribution in [0.1, 0.15) is 30.7 Å². The van der Waals surface area contributed by atoms with E-state index >= 15 is 0 Å². The molecule has 1 aromatic carbocycles. The van der Waals surface area contributed by atoms with Gasteiger partial charge in [0, 0.05) is 13.1 Å². The van der Waals surface area contributed by atoms with Crippen molar-refractivity contribution in [3.05, 3.63) is 35.9 Å². The number of amides is 2. The normalized spacial score (nSPS) is 24.5. The molecule has 0 spiro atoms. The molecule has 1 saturated carbocycles. The van der Waals surface area contributed by atoms with Gasteiger partial charge < -0.3 is 10.6 Å². The smallest absolute Gasteiger partial charge is 0.287 e. The number of benzene rings is 1. The fourth-order valence-electron chi connectivity index (χ4n) is 3.10. The molecule has 116 valence electrons. The van der Waals surface area contributed by atoms with E-state index in [0.717, 1.165) is 18.4 Å². The first-order valence-electron chi connectivity index (χ1n) is 7.81. The first kappa shape index (κ1) is 14.8. The molecule has 2 amide bonds. The molecule has 5 heteroatoms. The number of rotatable bonds is 5. The minimum absolute atomic E-state index is 0.184. The Morgan fingerprint density at radius 3 is 2.55 bits per heavy atom. The van der Waals surface area contributed by atoms with E-state index in [0.29, 0.717) is 12.5 Å². The van der Waals surface area contributed by atoms with Crippen LogP contribution >= 0.6 is 0 Å². The lowest BCUT2D eigenvalue weighted by atomic mass is 9.84. The number of carbonyl (C=O) groups is 3. The number of Topliss-reactive ketones (excluding diaryl/α,β-unsaturated/α-hetero) is 1. The van der Waals surface area contributed by atoms with Crippen molar-refractivity contribution in [3.63, 3.8) is 0 Å². The van der Waals surface area contributed by atoms with Crippen molar-refractivity contribution in [2.45, 2.75) is 25.2 Å². The van der Waals surface area contributed by atoms with E-state index < -0.39 is 23.5 Å². The Balaban J connectivity index is 1.67. The summed E-state index contributed by atoms with van der Waals surface area (Å²) < 4.78 is 0. The van der Waals surface area contributed by atoms with Crippen LogP contribution in [0.2, 0.25) is 0 Å². The molecule has 5 nitrogen and oxygen atoms in total. The molecule has 1 aliphatic carbocycles. The SMILES string of the molecule is O=C(NCC1CCC1)C(=O)C1CNC(=O)[C@@H]1c1ccccc1. The third-order valence-electron chi connectivity index (χ3n) is 4.68. The second kappa shape index (κ2) is 6.30. The van der Waals surface area contributed by atoms with Crippen LogP contribution in [0, 0.1) is 11.8 Å². The first-order chi connectivity index (χ1) is 10.7. The van der Waals surface area contributed by atoms with E-state index in [2.05, 4.69) is 10.6 Å². The van der Waals surface area contributed by atoms with Gasteiger partial charge in [0.15, 0.2) is 0 Å². The van der Waals surface area contributed by atoms with Crippen LogP contribution in [0.4, 0.5) is 0 Å². The van der Waals surface area contributed by atoms with Crippen molar-refractivity contribution in [3.8, 4) is 0 Å². The second-order valence-electron chi connectivity index (χ2n) is 6.11. The molecule has 0 bridgehead atoms. The summed E-state index contributed by atoms with van der Waals surface area (Å²) in [5.41, 5.74) is 0.780. The zero-order valence-corrected chi connectivity index (χ0v) is 12.4. The zero-order valence-electron chi connectivity index (χ0n) is 12.4. The van der Waals surface area contributed by atoms with Crippen LogP contribution in [0.25, 0.3) is 0 Å². The minimum Gasteiger partial charge on any atom is -0.355 e. The van der Waals surface area contributed by atoms with Crippen molar-refractivity contribution in [2.75, 3.05) is 13.1 Å². The summed E-state index contributed by atoms with van der Waals surface area (Å²) in [6.45, 7) is 0.794. The van der Waals surface area contributed by atoms with Gasteiger partial charge in [-0.25, -0.2) is 0 Å². The first-order valence-corrected chi connectivity index (χ1v) is 7.81. The van der Waals surface area contributed by atoms with Gasteiger partial charge in [-0.1, -0.05) is 36.8 Å². The van der Waals surface area contributed by atoms with E-state index in [1.54, 1.807) is 0 Å². The third kappa shape index (κ3) is 2.89. The number of hydrogen-bond acceptors (Lipinski definition) is 3. The largest absolute Gasteiger partial charge is 0.355 e. The van der Waals surface area contributed by atoms with Crippen molar-refractivity contribution in [1.29, 1.82) is 0 Å². The van der Waals surface area contributed by atoms with E-state index in [4.69, 9.17) is 0 Å². The summed E-state index contributed by atoms with van der Waals surface area (Å²) in [7, 11) is 0. The van der Waals surface area contributed by atoms with Gasteiger partial charge in [0.1, 0.15) is 0 Å². The summed E-state index contributed by atoms with van der Waals surface area (Å²) in [6, 6.07) is 9.17. The zero-order chi connectivity index (χ0) is 15.5. The van der Waals surface area contributed by atoms with Crippen LogP contribution < -0.4 is 10.6 Å². The predicted octanol–water partition coefficient (Wildman–Crippen LogP) is 1.00. The molecular weight excluding hydrogens is 280 g/mol. The van der Waals surface area contributed by atoms with E-state index in [9.17, 15) is 14.4 Å². The summed E-state index contributed by atoms with van der Waals surface area (Å²) in [4.78, 5) is 36.5. The molecular formula is C17H20N2O3. The van der Waals surface area contributed by atoms with E-state index in [1.807, 2.05) is 30.3 Å². The molecule has 2 aliphatic rings. The van der Waals surface area contributed by atoms with Gasteiger partial charge in [0.25, 0.3) is 5.91 Å². The van der Waals surface area contributed by atoms with Crippen LogP contribution in [0.3, 0.4) is 0 Å². The van der Waals surface area contributed by atoms with Gasteiger partial charge in [-0.2, -0.15) is 0 Å². The molecule has 1 heterocycles. The fraction of sp³-hybridized carbons (Fsp3) is 0.471. The Morgan fingerprint density at radius 1 is 1.18 bits per heavy atom. The van der Waals surface area contributed by atoms with Crippen molar-refractivity contribution < 1.29 is 14.4 Å². The number of nitrogens with one attached hydrogen (secondary N) is 2. The molecule has 3 rings (SSSR count). The molecule has 2 N–H and O–H groups in total. The number of carbonyl (C=O) groups excluding carboxylic acids is 3. The standard InChI is InChI=1S/C17H20N2O3/c20-15(17(22)18-9-11-5-4-6-11)13-10-19-16(21)14(13)12-7-2-1-3-8-12/h1-3,7-8,11,13-14H,4-6,9-10H2,(H,18,22)(H,19,21)/t13?,14-/m1/s1. The maximum Gasteiger partial charge on any atom is 0.287 e. The number of hydrogen-bond donors (Lipinski definition) is 2. The molecule has 22 heavy (non-hydrogen) atoms. The molecule has 0 aromatic heterocycles. The van der Waals surface area contributed by atoms with Gasteiger partial charge in [-0.15, -0.1) is 0 Å². The summed E-state index contributed by atoms with van der Waals surface area (Å²) in [5.74, 6) is -1.92. The lowest BCUT2D eigenvalue weighted by molar-refractivity contribution is -0.140. The second-order valence-corrected chi connectivity index (χ2v) is 6.11. The average Bonchev–Trinajstić information content (AvgIpc) is 2.87. The topological polar surface area (TPSA) is 75.3 Å². The Kier molecular flexibility index (Phi) is 4.22. The molecule has 1 unspecified atom stereocenters. The maximum atomic E-state index is 12.4. The third-order valence-corrected chi connectivity index (χ3v) is 4.68. The van der Waals surface area contributed by atoms with Gasteiger partial charge in [-0.05, 0) is 24.3 Å². The molecule has 1 aromatic rings. The average molecular weight is 300 g/mol. The Labute approximate surface area is 129 Å². The van der Waals surface area contributed by atoms with E-state index in [1.165, 1.54) is 6.42 Å². The monoisotopic (exact) mass is 300 g/mol. The quantitative estimate of drug-likeness (QED) is 0.797. The minimum atomic E-state index is -0.615. The molecule has 0 radical (unpaired) electrons. The van der Waals surface area contributed by atoms with Gasteiger partial charge in [0.2, 0.25) is 11.7 Å². The summed E-state index contributed by atoms with van der Waals surface area (Å²) in [6.07, 6.45) is 3.43.